The van der Waals surface area contributed by atoms with Crippen molar-refractivity contribution in [2.45, 2.75) is 91.9 Å². The summed E-state index contributed by atoms with van der Waals surface area (Å²) in [5.74, 6) is 3.02. The molecule has 0 spiro atoms. The molecular weight excluding hydrogens is 739 g/mol. The summed E-state index contributed by atoms with van der Waals surface area (Å²) in [5, 5.41) is 8.52. The summed E-state index contributed by atoms with van der Waals surface area (Å²) in [6.45, 7) is 22.8. The highest BCUT2D eigenvalue weighted by Crippen LogP contribution is 2.44. The molecule has 0 aliphatic carbocycles. The van der Waals surface area contributed by atoms with Gasteiger partial charge in [0.2, 0.25) is 0 Å². The predicted octanol–water partition coefficient (Wildman–Crippen LogP) is 14.4. The third-order valence-corrected chi connectivity index (χ3v) is 11.6. The number of para-hydroxylation sites is 2. The van der Waals surface area contributed by atoms with E-state index in [1.54, 1.807) is 6.33 Å². The van der Waals surface area contributed by atoms with Crippen molar-refractivity contribution >= 4 is 28.0 Å². The second-order valence-corrected chi connectivity index (χ2v) is 18.8. The fourth-order valence-corrected chi connectivity index (χ4v) is 8.26. The first-order chi connectivity index (χ1) is 28.6. The number of oxazole rings is 1. The summed E-state index contributed by atoms with van der Waals surface area (Å²) in [7, 11) is 0. The van der Waals surface area contributed by atoms with Crippen LogP contribution in [0.1, 0.15) is 103 Å². The van der Waals surface area contributed by atoms with E-state index < -0.39 is 0 Å². The molecule has 302 valence electrons. The van der Waals surface area contributed by atoms with Crippen LogP contribution in [0.5, 0.6) is 11.5 Å². The van der Waals surface area contributed by atoms with Gasteiger partial charge in [-0.3, -0.25) is 4.57 Å². The number of ether oxygens (including phenoxy) is 1. The maximum atomic E-state index is 7.03. The molecule has 9 rings (SSSR count). The number of hydrogen-bond acceptors (Lipinski definition) is 5. The Morgan fingerprint density at radius 3 is 1.90 bits per heavy atom. The SMILES string of the molecule is CC(C)c1cc(C(C)(C)C)cc(C(C)C)c1-n1c(-c2cc(Oc3cc(-c4ccccc4)cc(-c4cccc(C(C)(C)C)c4)c3)cc3c2oc2nncn23)nc2ccccc21. The molecule has 0 unspecified atom stereocenters. The molecule has 0 aliphatic heterocycles. The lowest BCUT2D eigenvalue weighted by Gasteiger charge is -2.28. The number of hydrogen-bond donors (Lipinski definition) is 0. The van der Waals surface area contributed by atoms with Crippen LogP contribution in [-0.2, 0) is 10.8 Å². The minimum Gasteiger partial charge on any atom is -0.457 e. The van der Waals surface area contributed by atoms with Crippen LogP contribution in [0.4, 0.5) is 0 Å². The summed E-state index contributed by atoms with van der Waals surface area (Å²) in [5.41, 5.74) is 14.8. The Labute approximate surface area is 352 Å². The van der Waals surface area contributed by atoms with Gasteiger partial charge in [-0.1, -0.05) is 153 Å². The lowest BCUT2D eigenvalue weighted by Crippen LogP contribution is -2.16. The molecular formula is C53H53N5O2. The van der Waals surface area contributed by atoms with Gasteiger partial charge in [0.25, 0.3) is 0 Å². The summed E-state index contributed by atoms with van der Waals surface area (Å²) >= 11 is 0. The Balaban J connectivity index is 1.29. The lowest BCUT2D eigenvalue weighted by molar-refractivity contribution is 0.483. The largest absolute Gasteiger partial charge is 0.457 e. The molecule has 3 aromatic heterocycles. The van der Waals surface area contributed by atoms with Crippen molar-refractivity contribution in [1.82, 2.24) is 24.1 Å². The van der Waals surface area contributed by atoms with Crippen molar-refractivity contribution in [2.75, 3.05) is 0 Å². The van der Waals surface area contributed by atoms with Gasteiger partial charge in [0.1, 0.15) is 23.7 Å². The molecule has 60 heavy (non-hydrogen) atoms. The Kier molecular flexibility index (Phi) is 9.54. The fourth-order valence-electron chi connectivity index (χ4n) is 8.26. The molecule has 7 heteroatoms. The molecule has 0 N–H and O–H groups in total. The average Bonchev–Trinajstić information content (AvgIpc) is 3.94. The van der Waals surface area contributed by atoms with Gasteiger partial charge in [-0.15, -0.1) is 5.10 Å². The standard InChI is InChI=1S/C53H53N5O2/c1-32(2)42-27-39(53(8,9)10)28-43(33(3)4)48(42)58-46-22-15-14-21-45(46)55-50(58)44-29-41(30-47-49(44)60-51-56-54-31-57(47)51)59-40-25-36(34-17-12-11-13-18-34)23-37(26-40)35-19-16-20-38(24-35)52(5,6)7/h11-33H,1-10H3. The molecule has 0 saturated carbocycles. The Bertz CT molecular complexity index is 3010. The smallest absolute Gasteiger partial charge is 0.327 e. The fraction of sp³-hybridized carbons (Fsp3) is 0.264. The highest BCUT2D eigenvalue weighted by Gasteiger charge is 2.28. The lowest BCUT2D eigenvalue weighted by atomic mass is 9.81. The van der Waals surface area contributed by atoms with Crippen LogP contribution in [0.15, 0.2) is 132 Å². The highest BCUT2D eigenvalue weighted by atomic mass is 16.5. The van der Waals surface area contributed by atoms with E-state index in [1.165, 1.54) is 22.3 Å². The van der Waals surface area contributed by atoms with Crippen LogP contribution >= 0.6 is 0 Å². The van der Waals surface area contributed by atoms with Crippen LogP contribution < -0.4 is 4.74 Å². The van der Waals surface area contributed by atoms with Crippen LogP contribution in [0.2, 0.25) is 0 Å². The molecule has 0 atom stereocenters. The first kappa shape index (κ1) is 39.0. The van der Waals surface area contributed by atoms with Gasteiger partial charge in [-0.25, -0.2) is 9.38 Å². The second-order valence-electron chi connectivity index (χ2n) is 18.8. The molecule has 9 aromatic rings. The molecule has 3 heterocycles. The number of imidazole rings is 1. The first-order valence-electron chi connectivity index (χ1n) is 21.1. The number of aromatic nitrogens is 5. The predicted molar refractivity (Wildman–Crippen MR) is 246 cm³/mol. The molecule has 0 bridgehead atoms. The molecule has 0 fully saturated rings. The second kappa shape index (κ2) is 14.7. The number of nitrogens with zero attached hydrogens (tertiary/aromatic N) is 5. The number of fused-ring (bicyclic) bond motifs is 4. The molecule has 0 amide bonds. The zero-order valence-corrected chi connectivity index (χ0v) is 36.3. The van der Waals surface area contributed by atoms with E-state index in [9.17, 15) is 0 Å². The zero-order chi connectivity index (χ0) is 42.1. The summed E-state index contributed by atoms with van der Waals surface area (Å²) in [4.78, 5) is 5.42. The van der Waals surface area contributed by atoms with Gasteiger partial charge >= 0.3 is 5.84 Å². The maximum Gasteiger partial charge on any atom is 0.327 e. The highest BCUT2D eigenvalue weighted by molar-refractivity contribution is 5.95. The van der Waals surface area contributed by atoms with E-state index in [-0.39, 0.29) is 22.7 Å². The van der Waals surface area contributed by atoms with Crippen molar-refractivity contribution in [3.05, 3.63) is 150 Å². The quantitative estimate of drug-likeness (QED) is 0.153. The Hall–Kier alpha value is -6.47. The maximum absolute atomic E-state index is 7.03. The van der Waals surface area contributed by atoms with Crippen molar-refractivity contribution in [3.63, 3.8) is 0 Å². The molecule has 6 aromatic carbocycles. The van der Waals surface area contributed by atoms with Gasteiger partial charge in [0.15, 0.2) is 5.58 Å². The van der Waals surface area contributed by atoms with Gasteiger partial charge in [0, 0.05) is 6.07 Å². The molecule has 0 saturated heterocycles. The topological polar surface area (TPSA) is 70.4 Å². The van der Waals surface area contributed by atoms with Gasteiger partial charge in [0.05, 0.1) is 27.8 Å². The van der Waals surface area contributed by atoms with Crippen molar-refractivity contribution in [3.8, 4) is 50.8 Å². The summed E-state index contributed by atoms with van der Waals surface area (Å²) in [6, 6.07) is 43.1. The average molecular weight is 792 g/mol. The molecule has 7 nitrogen and oxygen atoms in total. The van der Waals surface area contributed by atoms with E-state index in [1.807, 2.05) is 16.5 Å². The monoisotopic (exact) mass is 791 g/mol. The number of benzene rings is 6. The van der Waals surface area contributed by atoms with Gasteiger partial charge < -0.3 is 9.15 Å². The third-order valence-electron chi connectivity index (χ3n) is 11.6. The van der Waals surface area contributed by atoms with Crippen LogP contribution in [0.25, 0.3) is 67.3 Å². The van der Waals surface area contributed by atoms with E-state index in [0.29, 0.717) is 17.2 Å². The zero-order valence-electron chi connectivity index (χ0n) is 36.3. The van der Waals surface area contributed by atoms with Crippen molar-refractivity contribution in [1.29, 1.82) is 0 Å². The first-order valence-corrected chi connectivity index (χ1v) is 21.1. The van der Waals surface area contributed by atoms with Crippen molar-refractivity contribution < 1.29 is 9.15 Å². The van der Waals surface area contributed by atoms with E-state index in [2.05, 4.69) is 193 Å². The van der Waals surface area contributed by atoms with Crippen LogP contribution in [-0.4, -0.2) is 24.1 Å². The molecule has 0 radical (unpaired) electrons. The van der Waals surface area contributed by atoms with Gasteiger partial charge in [-0.2, -0.15) is 0 Å². The van der Waals surface area contributed by atoms with Gasteiger partial charge in [-0.05, 0) is 104 Å². The molecule has 0 aliphatic rings. The third kappa shape index (κ3) is 7.06. The number of rotatable bonds is 8. The summed E-state index contributed by atoms with van der Waals surface area (Å²) < 4.78 is 17.8. The van der Waals surface area contributed by atoms with Crippen LogP contribution in [0.3, 0.4) is 0 Å². The summed E-state index contributed by atoms with van der Waals surface area (Å²) in [6.07, 6.45) is 1.69. The Morgan fingerprint density at radius 1 is 0.583 bits per heavy atom. The van der Waals surface area contributed by atoms with Crippen molar-refractivity contribution in [2.24, 2.45) is 0 Å². The Morgan fingerprint density at radius 2 is 1.22 bits per heavy atom. The van der Waals surface area contributed by atoms with E-state index in [4.69, 9.17) is 14.1 Å². The van der Waals surface area contributed by atoms with Crippen LogP contribution in [0, 0.1) is 0 Å². The minimum absolute atomic E-state index is 0.00724. The van der Waals surface area contributed by atoms with E-state index in [0.717, 1.165) is 61.6 Å². The minimum atomic E-state index is -0.0203. The normalized spacial score (nSPS) is 12.5. The van der Waals surface area contributed by atoms with E-state index >= 15 is 0 Å².